The first kappa shape index (κ1) is 13.8. The van der Waals surface area contributed by atoms with Gasteiger partial charge in [0.15, 0.2) is 6.29 Å². The Balaban J connectivity index is 2.08. The van der Waals surface area contributed by atoms with Crippen molar-refractivity contribution in [3.05, 3.63) is 35.0 Å². The molecule has 0 spiro atoms. The maximum Gasteiger partial charge on any atom is 0.213 e. The van der Waals surface area contributed by atoms with Gasteiger partial charge >= 0.3 is 0 Å². The van der Waals surface area contributed by atoms with E-state index in [9.17, 15) is 4.79 Å². The Morgan fingerprint density at radius 3 is 2.71 bits per heavy atom. The molecule has 0 fully saturated rings. The number of rotatable bonds is 5. The van der Waals surface area contributed by atoms with E-state index in [2.05, 4.69) is 17.0 Å². The lowest BCUT2D eigenvalue weighted by atomic mass is 10.1. The van der Waals surface area contributed by atoms with Crippen LogP contribution in [0.5, 0.6) is 5.75 Å². The Hall–Kier alpha value is -2.21. The van der Waals surface area contributed by atoms with E-state index in [0.717, 1.165) is 40.4 Å². The van der Waals surface area contributed by atoms with Crippen molar-refractivity contribution in [2.45, 2.75) is 19.8 Å². The van der Waals surface area contributed by atoms with Crippen molar-refractivity contribution in [2.24, 2.45) is 0 Å². The molecule has 2 aromatic heterocycles. The number of fused-ring (bicyclic) bond motifs is 1. The van der Waals surface area contributed by atoms with Crippen molar-refractivity contribution < 1.29 is 9.53 Å². The molecule has 108 valence electrons. The Morgan fingerprint density at radius 1 is 1.33 bits per heavy atom. The van der Waals surface area contributed by atoms with Gasteiger partial charge < -0.3 is 4.74 Å². The SMILES string of the molecule is CCCc1nn2c(C=O)c(-c3ccc(OC)cc3)nc2s1. The van der Waals surface area contributed by atoms with Crippen LogP contribution in [0, 0.1) is 0 Å². The highest BCUT2D eigenvalue weighted by molar-refractivity contribution is 7.16. The van der Waals surface area contributed by atoms with E-state index in [1.54, 1.807) is 11.6 Å². The van der Waals surface area contributed by atoms with Crippen LogP contribution in [0.25, 0.3) is 16.2 Å². The van der Waals surface area contributed by atoms with E-state index in [4.69, 9.17) is 4.74 Å². The third kappa shape index (κ3) is 2.42. The van der Waals surface area contributed by atoms with Crippen molar-refractivity contribution >= 4 is 22.6 Å². The van der Waals surface area contributed by atoms with Crippen LogP contribution in [-0.4, -0.2) is 28.0 Å². The predicted octanol–water partition coefficient (Wildman–Crippen LogP) is 3.23. The highest BCUT2D eigenvalue weighted by atomic mass is 32.1. The van der Waals surface area contributed by atoms with Gasteiger partial charge in [0.05, 0.1) is 7.11 Å². The molecule has 0 aliphatic heterocycles. The standard InChI is InChI=1S/C15H15N3O2S/c1-3-4-13-17-18-12(9-19)14(16-15(18)21-13)10-5-7-11(20-2)8-6-10/h5-9H,3-4H2,1-2H3. The maximum absolute atomic E-state index is 11.4. The molecular weight excluding hydrogens is 286 g/mol. The van der Waals surface area contributed by atoms with Crippen LogP contribution in [0.3, 0.4) is 0 Å². The highest BCUT2D eigenvalue weighted by Gasteiger charge is 2.17. The summed E-state index contributed by atoms with van der Waals surface area (Å²) in [6, 6.07) is 7.50. The molecule has 1 aromatic carbocycles. The van der Waals surface area contributed by atoms with Gasteiger partial charge in [0, 0.05) is 12.0 Å². The van der Waals surface area contributed by atoms with Crippen LogP contribution in [0.2, 0.25) is 0 Å². The number of aldehydes is 1. The zero-order valence-corrected chi connectivity index (χ0v) is 12.7. The number of methoxy groups -OCH3 is 1. The Labute approximate surface area is 126 Å². The molecule has 0 aliphatic carbocycles. The van der Waals surface area contributed by atoms with Gasteiger partial charge in [-0.3, -0.25) is 4.79 Å². The molecule has 0 amide bonds. The first-order chi connectivity index (χ1) is 10.3. The minimum Gasteiger partial charge on any atom is -0.497 e. The lowest BCUT2D eigenvalue weighted by Gasteiger charge is -2.01. The average Bonchev–Trinajstić information content (AvgIpc) is 3.04. The lowest BCUT2D eigenvalue weighted by Crippen LogP contribution is -1.95. The van der Waals surface area contributed by atoms with E-state index >= 15 is 0 Å². The first-order valence-corrected chi connectivity index (χ1v) is 7.56. The molecule has 3 aromatic rings. The normalized spacial score (nSPS) is 11.0. The molecular formula is C15H15N3O2S. The average molecular weight is 301 g/mol. The molecule has 0 saturated carbocycles. The van der Waals surface area contributed by atoms with Crippen LogP contribution in [-0.2, 0) is 6.42 Å². The summed E-state index contributed by atoms with van der Waals surface area (Å²) in [5.74, 6) is 0.774. The number of hydrogen-bond donors (Lipinski definition) is 0. The second kappa shape index (κ2) is 5.65. The zero-order chi connectivity index (χ0) is 14.8. The summed E-state index contributed by atoms with van der Waals surface area (Å²) in [6.07, 6.45) is 2.75. The fraction of sp³-hybridized carbons (Fsp3) is 0.267. The minimum atomic E-state index is 0.494. The number of hydrogen-bond acceptors (Lipinski definition) is 5. The molecule has 0 unspecified atom stereocenters. The zero-order valence-electron chi connectivity index (χ0n) is 11.9. The van der Waals surface area contributed by atoms with Crippen LogP contribution in [0.4, 0.5) is 0 Å². The molecule has 0 N–H and O–H groups in total. The summed E-state index contributed by atoms with van der Waals surface area (Å²) in [5.41, 5.74) is 2.04. The predicted molar refractivity (Wildman–Crippen MR) is 82.2 cm³/mol. The molecule has 0 bridgehead atoms. The fourth-order valence-electron chi connectivity index (χ4n) is 2.19. The van der Waals surface area contributed by atoms with E-state index in [1.807, 2.05) is 24.3 Å². The summed E-state index contributed by atoms with van der Waals surface area (Å²) in [5, 5.41) is 5.47. The van der Waals surface area contributed by atoms with Gasteiger partial charge in [-0.2, -0.15) is 9.61 Å². The second-order valence-electron chi connectivity index (χ2n) is 4.63. The monoisotopic (exact) mass is 301 g/mol. The Morgan fingerprint density at radius 2 is 2.10 bits per heavy atom. The summed E-state index contributed by atoms with van der Waals surface area (Å²) >= 11 is 1.53. The van der Waals surface area contributed by atoms with Crippen LogP contribution >= 0.6 is 11.3 Å². The molecule has 6 heteroatoms. The number of nitrogens with zero attached hydrogens (tertiary/aromatic N) is 3. The second-order valence-corrected chi connectivity index (χ2v) is 5.67. The van der Waals surface area contributed by atoms with E-state index in [-0.39, 0.29) is 0 Å². The summed E-state index contributed by atoms with van der Waals surface area (Å²) in [7, 11) is 1.62. The first-order valence-electron chi connectivity index (χ1n) is 6.75. The summed E-state index contributed by atoms with van der Waals surface area (Å²) in [4.78, 5) is 16.8. The van der Waals surface area contributed by atoms with E-state index in [1.165, 1.54) is 11.3 Å². The van der Waals surface area contributed by atoms with E-state index < -0.39 is 0 Å². The van der Waals surface area contributed by atoms with Crippen LogP contribution in [0.1, 0.15) is 28.8 Å². The molecule has 3 rings (SSSR count). The topological polar surface area (TPSA) is 56.5 Å². The van der Waals surface area contributed by atoms with Crippen molar-refractivity contribution in [2.75, 3.05) is 7.11 Å². The van der Waals surface area contributed by atoms with Gasteiger partial charge in [-0.1, -0.05) is 18.3 Å². The molecule has 2 heterocycles. The number of carbonyl (C=O) groups excluding carboxylic acids is 1. The van der Waals surface area contributed by atoms with Crippen molar-refractivity contribution in [3.8, 4) is 17.0 Å². The lowest BCUT2D eigenvalue weighted by molar-refractivity contribution is 0.111. The van der Waals surface area contributed by atoms with Crippen LogP contribution in [0.15, 0.2) is 24.3 Å². The van der Waals surface area contributed by atoms with Crippen molar-refractivity contribution in [3.63, 3.8) is 0 Å². The van der Waals surface area contributed by atoms with Crippen molar-refractivity contribution in [1.29, 1.82) is 0 Å². The van der Waals surface area contributed by atoms with Gasteiger partial charge in [0.2, 0.25) is 4.96 Å². The molecule has 0 atom stereocenters. The van der Waals surface area contributed by atoms with Crippen molar-refractivity contribution in [1.82, 2.24) is 14.6 Å². The van der Waals surface area contributed by atoms with Crippen LogP contribution < -0.4 is 4.74 Å². The third-order valence-corrected chi connectivity index (χ3v) is 4.19. The maximum atomic E-state index is 11.4. The largest absolute Gasteiger partial charge is 0.497 e. The minimum absolute atomic E-state index is 0.494. The molecule has 21 heavy (non-hydrogen) atoms. The quantitative estimate of drug-likeness (QED) is 0.679. The number of aryl methyl sites for hydroxylation is 1. The Kier molecular flexibility index (Phi) is 3.70. The molecule has 0 aliphatic rings. The van der Waals surface area contributed by atoms with E-state index in [0.29, 0.717) is 11.4 Å². The highest BCUT2D eigenvalue weighted by Crippen LogP contribution is 2.27. The molecule has 0 saturated heterocycles. The summed E-state index contributed by atoms with van der Waals surface area (Å²) < 4.78 is 6.78. The van der Waals surface area contributed by atoms with Gasteiger partial charge in [-0.15, -0.1) is 0 Å². The number of carbonyl (C=O) groups is 1. The Bertz CT molecular complexity index is 774. The number of imidazole rings is 1. The van der Waals surface area contributed by atoms with Gasteiger partial charge in [0.25, 0.3) is 0 Å². The smallest absolute Gasteiger partial charge is 0.213 e. The number of ether oxygens (including phenoxy) is 1. The summed E-state index contributed by atoms with van der Waals surface area (Å²) in [6.45, 7) is 2.10. The van der Waals surface area contributed by atoms with Gasteiger partial charge in [-0.25, -0.2) is 4.98 Å². The van der Waals surface area contributed by atoms with Gasteiger partial charge in [-0.05, 0) is 30.7 Å². The number of benzene rings is 1. The molecule has 5 nitrogen and oxygen atoms in total. The fourth-order valence-corrected chi connectivity index (χ4v) is 3.19. The van der Waals surface area contributed by atoms with Gasteiger partial charge in [0.1, 0.15) is 22.1 Å². The third-order valence-electron chi connectivity index (χ3n) is 3.22. The number of aromatic nitrogens is 3. The molecule has 0 radical (unpaired) electrons.